The molecule has 1 heterocycles. The molecule has 0 spiro atoms. The molecule has 0 atom stereocenters. The summed E-state index contributed by atoms with van der Waals surface area (Å²) in [6.45, 7) is 0. The lowest BCUT2D eigenvalue weighted by atomic mass is 10.2. The largest absolute Gasteiger partial charge is 0.507 e. The van der Waals surface area contributed by atoms with E-state index in [-0.39, 0.29) is 5.75 Å². The number of aromatic nitrogens is 3. The van der Waals surface area contributed by atoms with E-state index in [1.165, 1.54) is 23.5 Å². The van der Waals surface area contributed by atoms with Crippen molar-refractivity contribution in [3.05, 3.63) is 40.9 Å². The van der Waals surface area contributed by atoms with E-state index < -0.39 is 0 Å². The van der Waals surface area contributed by atoms with E-state index in [0.29, 0.717) is 5.56 Å². The number of halogens is 1. The van der Waals surface area contributed by atoms with Crippen LogP contribution in [-0.2, 0) is 0 Å². The second-order valence-electron chi connectivity index (χ2n) is 2.79. The molecule has 1 aromatic carbocycles. The maximum atomic E-state index is 9.51. The van der Waals surface area contributed by atoms with Gasteiger partial charge in [0, 0.05) is 10.0 Å². The zero-order valence-electron chi connectivity index (χ0n) is 7.58. The van der Waals surface area contributed by atoms with Gasteiger partial charge in [-0.1, -0.05) is 15.9 Å². The van der Waals surface area contributed by atoms with Crippen LogP contribution in [0.2, 0.25) is 0 Å². The highest BCUT2D eigenvalue weighted by atomic mass is 79.9. The van der Waals surface area contributed by atoms with Crippen LogP contribution >= 0.6 is 15.9 Å². The fourth-order valence-corrected chi connectivity index (χ4v) is 1.39. The zero-order chi connectivity index (χ0) is 10.7. The number of aromatic hydroxyl groups is 1. The summed E-state index contributed by atoms with van der Waals surface area (Å²) >= 11 is 3.31. The molecule has 0 aliphatic carbocycles. The summed E-state index contributed by atoms with van der Waals surface area (Å²) in [7, 11) is 0. The molecule has 2 aromatic rings. The van der Waals surface area contributed by atoms with Crippen molar-refractivity contribution in [3.8, 4) is 5.75 Å². The van der Waals surface area contributed by atoms with Crippen molar-refractivity contribution in [2.45, 2.75) is 0 Å². The number of phenols is 1. The predicted octanol–water partition coefficient (Wildman–Crippen LogP) is 1.63. The first-order valence-corrected chi connectivity index (χ1v) is 4.92. The van der Waals surface area contributed by atoms with Gasteiger partial charge in [-0.15, -0.1) is 10.2 Å². The molecule has 0 radical (unpaired) electrons. The van der Waals surface area contributed by atoms with Gasteiger partial charge < -0.3 is 5.11 Å². The summed E-state index contributed by atoms with van der Waals surface area (Å²) in [5, 5.41) is 20.7. The van der Waals surface area contributed by atoms with E-state index in [9.17, 15) is 5.11 Å². The van der Waals surface area contributed by atoms with Crippen molar-refractivity contribution in [1.82, 2.24) is 14.9 Å². The maximum absolute atomic E-state index is 9.51. The summed E-state index contributed by atoms with van der Waals surface area (Å²) in [5.74, 6) is 0.176. The molecule has 0 bridgehead atoms. The number of nitrogens with zero attached hydrogens (tertiary/aromatic N) is 4. The van der Waals surface area contributed by atoms with E-state index >= 15 is 0 Å². The lowest BCUT2D eigenvalue weighted by Gasteiger charge is -1.98. The second-order valence-corrected chi connectivity index (χ2v) is 3.71. The van der Waals surface area contributed by atoms with Crippen LogP contribution in [0.5, 0.6) is 5.75 Å². The molecule has 0 fully saturated rings. The highest BCUT2D eigenvalue weighted by Gasteiger charge is 1.98. The fraction of sp³-hybridized carbons (Fsp3) is 0. The maximum Gasteiger partial charge on any atom is 0.141 e. The summed E-state index contributed by atoms with van der Waals surface area (Å²) < 4.78 is 2.32. The number of hydrogen-bond donors (Lipinski definition) is 1. The van der Waals surface area contributed by atoms with Crippen LogP contribution in [0.4, 0.5) is 0 Å². The Hall–Kier alpha value is -1.69. The monoisotopic (exact) mass is 266 g/mol. The van der Waals surface area contributed by atoms with Crippen LogP contribution in [0.15, 0.2) is 40.4 Å². The van der Waals surface area contributed by atoms with E-state index in [1.807, 2.05) is 0 Å². The highest BCUT2D eigenvalue weighted by Crippen LogP contribution is 2.19. The molecule has 0 saturated heterocycles. The second kappa shape index (κ2) is 4.22. The van der Waals surface area contributed by atoms with Gasteiger partial charge in [0.25, 0.3) is 0 Å². The Balaban J connectivity index is 2.27. The molecule has 5 nitrogen and oxygen atoms in total. The molecular formula is C9H7BrN4O. The Labute approximate surface area is 94.2 Å². The van der Waals surface area contributed by atoms with Gasteiger partial charge in [-0.3, -0.25) is 0 Å². The summed E-state index contributed by atoms with van der Waals surface area (Å²) in [6, 6.07) is 5.12. The van der Waals surface area contributed by atoms with Gasteiger partial charge in [0.1, 0.15) is 18.4 Å². The quantitative estimate of drug-likeness (QED) is 0.841. The van der Waals surface area contributed by atoms with Crippen LogP contribution in [0.25, 0.3) is 0 Å². The van der Waals surface area contributed by atoms with E-state index in [1.54, 1.807) is 18.2 Å². The molecular weight excluding hydrogens is 260 g/mol. The minimum absolute atomic E-state index is 0.176. The molecule has 1 aromatic heterocycles. The Morgan fingerprint density at radius 1 is 1.33 bits per heavy atom. The third kappa shape index (κ3) is 2.41. The van der Waals surface area contributed by atoms with Crippen LogP contribution in [0.3, 0.4) is 0 Å². The third-order valence-electron chi connectivity index (χ3n) is 1.73. The molecule has 0 saturated carbocycles. The van der Waals surface area contributed by atoms with Crippen molar-refractivity contribution in [3.63, 3.8) is 0 Å². The number of hydrogen-bond acceptors (Lipinski definition) is 4. The van der Waals surface area contributed by atoms with Gasteiger partial charge in [0.2, 0.25) is 0 Å². The molecule has 0 aliphatic rings. The number of benzene rings is 1. The van der Waals surface area contributed by atoms with Gasteiger partial charge in [-0.25, -0.2) is 4.68 Å². The first kappa shape index (κ1) is 9.85. The molecule has 76 valence electrons. The van der Waals surface area contributed by atoms with Crippen molar-refractivity contribution >= 4 is 22.1 Å². The average Bonchev–Trinajstić information content (AvgIpc) is 2.72. The Morgan fingerprint density at radius 2 is 2.07 bits per heavy atom. The fourth-order valence-electron chi connectivity index (χ4n) is 1.01. The first-order valence-electron chi connectivity index (χ1n) is 4.13. The minimum Gasteiger partial charge on any atom is -0.507 e. The van der Waals surface area contributed by atoms with Gasteiger partial charge >= 0.3 is 0 Å². The van der Waals surface area contributed by atoms with Crippen LogP contribution in [0, 0.1) is 0 Å². The van der Waals surface area contributed by atoms with Crippen molar-refractivity contribution < 1.29 is 5.11 Å². The normalized spacial score (nSPS) is 11.0. The van der Waals surface area contributed by atoms with Crippen LogP contribution < -0.4 is 0 Å². The zero-order valence-corrected chi connectivity index (χ0v) is 9.16. The lowest BCUT2D eigenvalue weighted by molar-refractivity contribution is 0.474. The molecule has 6 heteroatoms. The minimum atomic E-state index is 0.176. The summed E-state index contributed by atoms with van der Waals surface area (Å²) in [6.07, 6.45) is 4.46. The van der Waals surface area contributed by atoms with Gasteiger partial charge in [-0.05, 0) is 18.2 Å². The van der Waals surface area contributed by atoms with Crippen molar-refractivity contribution in [1.29, 1.82) is 0 Å². The van der Waals surface area contributed by atoms with Crippen LogP contribution in [0.1, 0.15) is 5.56 Å². The van der Waals surface area contributed by atoms with Crippen LogP contribution in [-0.4, -0.2) is 26.2 Å². The Morgan fingerprint density at radius 3 is 2.80 bits per heavy atom. The number of rotatable bonds is 2. The average molecular weight is 267 g/mol. The topological polar surface area (TPSA) is 63.3 Å². The Kier molecular flexibility index (Phi) is 2.77. The standard InChI is InChI=1S/C9H7BrN4O/c10-8-1-2-9(15)7(3-8)4-13-14-5-11-12-6-14/h1-6,15H/b13-4+. The van der Waals surface area contributed by atoms with Gasteiger partial charge in [-0.2, -0.15) is 5.10 Å². The first-order chi connectivity index (χ1) is 7.25. The van der Waals surface area contributed by atoms with E-state index in [0.717, 1.165) is 4.47 Å². The SMILES string of the molecule is Oc1ccc(Br)cc1/C=N/n1cnnc1. The molecule has 1 N–H and O–H groups in total. The molecule has 0 unspecified atom stereocenters. The number of phenolic OH excluding ortho intramolecular Hbond substituents is 1. The summed E-state index contributed by atoms with van der Waals surface area (Å²) in [4.78, 5) is 0. The van der Waals surface area contributed by atoms with Crippen molar-refractivity contribution in [2.24, 2.45) is 5.10 Å². The van der Waals surface area contributed by atoms with E-state index in [4.69, 9.17) is 0 Å². The third-order valence-corrected chi connectivity index (χ3v) is 2.22. The molecule has 15 heavy (non-hydrogen) atoms. The van der Waals surface area contributed by atoms with Gasteiger partial charge in [0.15, 0.2) is 0 Å². The lowest BCUT2D eigenvalue weighted by Crippen LogP contribution is -1.88. The molecule has 2 rings (SSSR count). The smallest absolute Gasteiger partial charge is 0.141 e. The van der Waals surface area contributed by atoms with Gasteiger partial charge in [0.05, 0.1) is 6.21 Å². The summed E-state index contributed by atoms with van der Waals surface area (Å²) in [5.41, 5.74) is 0.623. The molecule has 0 amide bonds. The Bertz CT molecular complexity index is 481. The van der Waals surface area contributed by atoms with E-state index in [2.05, 4.69) is 31.2 Å². The highest BCUT2D eigenvalue weighted by molar-refractivity contribution is 9.10. The molecule has 0 aliphatic heterocycles. The predicted molar refractivity (Wildman–Crippen MR) is 58.8 cm³/mol. The van der Waals surface area contributed by atoms with Crippen molar-refractivity contribution in [2.75, 3.05) is 0 Å².